The predicted molar refractivity (Wildman–Crippen MR) is 134 cm³/mol. The molecule has 2 aromatic rings. The van der Waals surface area contributed by atoms with Crippen molar-refractivity contribution in [3.63, 3.8) is 0 Å². The maximum absolute atomic E-state index is 13.8. The molecule has 6 heteroatoms. The normalized spacial score (nSPS) is 19.2. The van der Waals surface area contributed by atoms with Crippen LogP contribution in [0.2, 0.25) is 0 Å². The number of rotatable bonds is 11. The van der Waals surface area contributed by atoms with Gasteiger partial charge in [-0.05, 0) is 73.3 Å². The van der Waals surface area contributed by atoms with Gasteiger partial charge in [0.25, 0.3) is 0 Å². The summed E-state index contributed by atoms with van der Waals surface area (Å²) in [7, 11) is 0. The molecule has 2 atom stereocenters. The van der Waals surface area contributed by atoms with Gasteiger partial charge < -0.3 is 15.7 Å². The molecular weight excluding hydrogens is 446 g/mol. The van der Waals surface area contributed by atoms with Crippen LogP contribution in [0.25, 0.3) is 0 Å². The molecule has 2 aliphatic rings. The van der Waals surface area contributed by atoms with Crippen LogP contribution in [-0.4, -0.2) is 29.7 Å². The van der Waals surface area contributed by atoms with Crippen LogP contribution in [0, 0.1) is 17.6 Å². The number of aliphatic hydroxyl groups excluding tert-OH is 1. The van der Waals surface area contributed by atoms with Crippen molar-refractivity contribution in [3.05, 3.63) is 70.8 Å². The second-order valence-corrected chi connectivity index (χ2v) is 10.4. The number of carbonyl (C=O) groups excluding carboxylic acids is 1. The first kappa shape index (κ1) is 25.8. The molecule has 2 fully saturated rings. The summed E-state index contributed by atoms with van der Waals surface area (Å²) in [5.41, 5.74) is 2.75. The van der Waals surface area contributed by atoms with Gasteiger partial charge in [-0.1, -0.05) is 50.5 Å². The average molecular weight is 485 g/mol. The van der Waals surface area contributed by atoms with Gasteiger partial charge in [-0.3, -0.25) is 4.79 Å². The molecule has 2 unspecified atom stereocenters. The summed E-state index contributed by atoms with van der Waals surface area (Å²) in [6.45, 7) is 2.41. The number of nitrogens with one attached hydrogen (secondary N) is 2. The summed E-state index contributed by atoms with van der Waals surface area (Å²) >= 11 is 0. The van der Waals surface area contributed by atoms with E-state index in [1.165, 1.54) is 29.7 Å². The minimum absolute atomic E-state index is 0.102. The number of amides is 1. The van der Waals surface area contributed by atoms with Crippen molar-refractivity contribution in [1.82, 2.24) is 10.6 Å². The fourth-order valence-electron chi connectivity index (χ4n) is 5.41. The molecule has 2 aliphatic carbocycles. The number of carbonyl (C=O) groups is 1. The molecule has 3 N–H and O–H groups in total. The zero-order valence-corrected chi connectivity index (χ0v) is 20.7. The lowest BCUT2D eigenvalue weighted by Gasteiger charge is -2.28. The summed E-state index contributed by atoms with van der Waals surface area (Å²) in [5.74, 6) is -1.05. The molecule has 4 nitrogen and oxygen atoms in total. The minimum atomic E-state index is -0.900. The number of aryl methyl sites for hydroxylation is 1. The highest BCUT2D eigenvalue weighted by atomic mass is 19.1. The zero-order chi connectivity index (χ0) is 24.8. The molecule has 4 rings (SSSR count). The molecule has 0 radical (unpaired) electrons. The van der Waals surface area contributed by atoms with Crippen LogP contribution in [0.3, 0.4) is 0 Å². The van der Waals surface area contributed by atoms with E-state index < -0.39 is 23.8 Å². The Balaban J connectivity index is 1.43. The molecule has 1 amide bonds. The first-order chi connectivity index (χ1) is 16.9. The topological polar surface area (TPSA) is 61.4 Å². The van der Waals surface area contributed by atoms with E-state index in [4.69, 9.17) is 0 Å². The summed E-state index contributed by atoms with van der Waals surface area (Å²) in [4.78, 5) is 12.9. The van der Waals surface area contributed by atoms with Crippen LogP contribution in [0.15, 0.2) is 42.5 Å². The van der Waals surface area contributed by atoms with E-state index in [1.807, 2.05) is 0 Å². The highest BCUT2D eigenvalue weighted by Gasteiger charge is 2.44. The molecule has 0 aliphatic heterocycles. The fourth-order valence-corrected chi connectivity index (χ4v) is 5.41. The Bertz CT molecular complexity index is 982. The van der Waals surface area contributed by atoms with Crippen LogP contribution < -0.4 is 10.6 Å². The number of benzene rings is 2. The van der Waals surface area contributed by atoms with Gasteiger partial charge in [0.2, 0.25) is 5.91 Å². The van der Waals surface area contributed by atoms with Gasteiger partial charge in [-0.2, -0.15) is 0 Å². The number of aliphatic hydroxyl groups is 1. The van der Waals surface area contributed by atoms with E-state index in [2.05, 4.69) is 41.8 Å². The van der Waals surface area contributed by atoms with Crippen molar-refractivity contribution in [1.29, 1.82) is 0 Å². The van der Waals surface area contributed by atoms with Crippen LogP contribution in [0.5, 0.6) is 0 Å². The Morgan fingerprint density at radius 1 is 1.06 bits per heavy atom. The lowest BCUT2D eigenvalue weighted by atomic mass is 9.86. The lowest BCUT2D eigenvalue weighted by Crippen LogP contribution is -2.50. The molecular formula is C29H38F2N2O2. The summed E-state index contributed by atoms with van der Waals surface area (Å²) in [5, 5.41) is 17.7. The molecule has 0 saturated heterocycles. The highest BCUT2D eigenvalue weighted by molar-refractivity contribution is 5.76. The standard InChI is InChI=1S/C29H38F2N2O2/c1-2-20-9-6-10-23(13-20)29(11-12-29)32-19-27(34)26(16-22-14-24(30)18-25(31)15-22)33-28(35)17-21-7-4-3-5-8-21/h6,9-10,13-15,18,21,26-27,32,34H,2-5,7-8,11-12,16-17,19H2,1H3,(H,33,35). The van der Waals surface area contributed by atoms with Crippen molar-refractivity contribution in [2.24, 2.45) is 5.92 Å². The largest absolute Gasteiger partial charge is 0.390 e. The van der Waals surface area contributed by atoms with E-state index >= 15 is 0 Å². The van der Waals surface area contributed by atoms with Gasteiger partial charge in [0.15, 0.2) is 0 Å². The van der Waals surface area contributed by atoms with Gasteiger partial charge in [0.05, 0.1) is 12.1 Å². The van der Waals surface area contributed by atoms with E-state index in [9.17, 15) is 18.7 Å². The molecule has 0 heterocycles. The first-order valence-corrected chi connectivity index (χ1v) is 13.1. The van der Waals surface area contributed by atoms with Crippen LogP contribution >= 0.6 is 0 Å². The molecule has 35 heavy (non-hydrogen) atoms. The van der Waals surface area contributed by atoms with E-state index in [0.29, 0.717) is 17.9 Å². The van der Waals surface area contributed by atoms with Crippen molar-refractivity contribution in [2.45, 2.75) is 88.8 Å². The van der Waals surface area contributed by atoms with Gasteiger partial charge >= 0.3 is 0 Å². The Morgan fingerprint density at radius 3 is 2.43 bits per heavy atom. The van der Waals surface area contributed by atoms with E-state index in [1.54, 1.807) is 0 Å². The lowest BCUT2D eigenvalue weighted by molar-refractivity contribution is -0.123. The van der Waals surface area contributed by atoms with Crippen LogP contribution in [-0.2, 0) is 23.2 Å². The minimum Gasteiger partial charge on any atom is -0.390 e. The van der Waals surface area contributed by atoms with E-state index in [-0.39, 0.29) is 24.4 Å². The third kappa shape index (κ3) is 7.11. The third-order valence-electron chi connectivity index (χ3n) is 7.68. The maximum atomic E-state index is 13.8. The summed E-state index contributed by atoms with van der Waals surface area (Å²) in [6.07, 6.45) is 8.26. The Hall–Kier alpha value is -2.31. The zero-order valence-electron chi connectivity index (χ0n) is 20.7. The second-order valence-electron chi connectivity index (χ2n) is 10.4. The molecule has 2 saturated carbocycles. The van der Waals surface area contributed by atoms with Gasteiger partial charge in [0, 0.05) is 24.6 Å². The van der Waals surface area contributed by atoms with Crippen molar-refractivity contribution >= 4 is 5.91 Å². The van der Waals surface area contributed by atoms with Gasteiger partial charge in [0.1, 0.15) is 11.6 Å². The van der Waals surface area contributed by atoms with Crippen molar-refractivity contribution in [2.75, 3.05) is 6.54 Å². The van der Waals surface area contributed by atoms with Crippen molar-refractivity contribution in [3.8, 4) is 0 Å². The first-order valence-electron chi connectivity index (χ1n) is 13.1. The number of hydrogen-bond donors (Lipinski definition) is 3. The van der Waals surface area contributed by atoms with Crippen molar-refractivity contribution < 1.29 is 18.7 Å². The Labute approximate surface area is 207 Å². The van der Waals surface area contributed by atoms with E-state index in [0.717, 1.165) is 51.0 Å². The van der Waals surface area contributed by atoms with Crippen LogP contribution in [0.4, 0.5) is 8.78 Å². The molecule has 0 aromatic heterocycles. The number of hydrogen-bond acceptors (Lipinski definition) is 3. The summed E-state index contributed by atoms with van der Waals surface area (Å²) in [6, 6.07) is 11.2. The SMILES string of the molecule is CCc1cccc(C2(NCC(O)C(Cc3cc(F)cc(F)c3)NC(=O)CC3CCCCC3)CC2)c1. The molecule has 2 aromatic carbocycles. The molecule has 0 spiro atoms. The highest BCUT2D eigenvalue weighted by Crippen LogP contribution is 2.45. The third-order valence-corrected chi connectivity index (χ3v) is 7.68. The Morgan fingerprint density at radius 2 is 1.77 bits per heavy atom. The monoisotopic (exact) mass is 484 g/mol. The predicted octanol–water partition coefficient (Wildman–Crippen LogP) is 5.16. The Kier molecular flexibility index (Phi) is 8.55. The molecule has 0 bridgehead atoms. The smallest absolute Gasteiger partial charge is 0.220 e. The quantitative estimate of drug-likeness (QED) is 0.413. The number of halogens is 2. The summed E-state index contributed by atoms with van der Waals surface area (Å²) < 4.78 is 27.6. The molecule has 190 valence electrons. The second kappa shape index (κ2) is 11.6. The fraction of sp³-hybridized carbons (Fsp3) is 0.552. The van der Waals surface area contributed by atoms with Gasteiger partial charge in [-0.25, -0.2) is 8.78 Å². The average Bonchev–Trinajstić information content (AvgIpc) is 3.63. The van der Waals surface area contributed by atoms with Crippen LogP contribution in [0.1, 0.15) is 75.0 Å². The van der Waals surface area contributed by atoms with Gasteiger partial charge in [-0.15, -0.1) is 0 Å². The maximum Gasteiger partial charge on any atom is 0.220 e.